The van der Waals surface area contributed by atoms with Crippen LogP contribution in [0, 0.1) is 0 Å². The Labute approximate surface area is 163 Å². The van der Waals surface area contributed by atoms with Crippen molar-refractivity contribution < 1.29 is 19.0 Å². The van der Waals surface area contributed by atoms with Gasteiger partial charge in [0, 0.05) is 57.2 Å². The summed E-state index contributed by atoms with van der Waals surface area (Å²) in [5.74, 6) is 1.02. The number of hydrogen-bond acceptors (Lipinski definition) is 7. The Morgan fingerprint density at radius 3 is 2.68 bits per heavy atom. The number of ether oxygens (including phenoxy) is 3. The van der Waals surface area contributed by atoms with E-state index in [0.717, 1.165) is 32.3 Å². The van der Waals surface area contributed by atoms with Crippen LogP contribution in [-0.2, 0) is 4.74 Å². The van der Waals surface area contributed by atoms with Crippen LogP contribution in [0.4, 0.5) is 0 Å². The highest BCUT2D eigenvalue weighted by Gasteiger charge is 2.25. The molecule has 8 nitrogen and oxygen atoms in total. The van der Waals surface area contributed by atoms with Gasteiger partial charge in [-0.1, -0.05) is 0 Å². The summed E-state index contributed by atoms with van der Waals surface area (Å²) in [5.41, 5.74) is 0.567. The van der Waals surface area contributed by atoms with E-state index in [2.05, 4.69) is 15.0 Å². The highest BCUT2D eigenvalue weighted by Crippen LogP contribution is 2.19. The van der Waals surface area contributed by atoms with Crippen molar-refractivity contribution in [1.82, 2.24) is 19.9 Å². The van der Waals surface area contributed by atoms with Gasteiger partial charge in [-0.15, -0.1) is 0 Å². The molecule has 2 aliphatic heterocycles. The van der Waals surface area contributed by atoms with Crippen molar-refractivity contribution in [3.05, 3.63) is 42.5 Å². The molecule has 0 spiro atoms. The Kier molecular flexibility index (Phi) is 5.96. The maximum Gasteiger partial charge on any atom is 0.255 e. The number of carbonyl (C=O) groups is 1. The second-order valence-corrected chi connectivity index (χ2v) is 6.98. The number of carbonyl (C=O) groups excluding carboxylic acids is 1. The lowest BCUT2D eigenvalue weighted by Gasteiger charge is -2.31. The second-order valence-electron chi connectivity index (χ2n) is 6.98. The summed E-state index contributed by atoms with van der Waals surface area (Å²) in [4.78, 5) is 26.9. The molecule has 4 rings (SSSR count). The van der Waals surface area contributed by atoms with Gasteiger partial charge in [-0.3, -0.25) is 9.78 Å². The summed E-state index contributed by atoms with van der Waals surface area (Å²) >= 11 is 0. The van der Waals surface area contributed by atoms with Crippen molar-refractivity contribution in [3.8, 4) is 11.8 Å². The van der Waals surface area contributed by atoms with Gasteiger partial charge in [0.15, 0.2) is 0 Å². The predicted octanol–water partition coefficient (Wildman–Crippen LogP) is 2.11. The third kappa shape index (κ3) is 4.75. The van der Waals surface area contributed by atoms with Gasteiger partial charge in [0.05, 0.1) is 17.9 Å². The van der Waals surface area contributed by atoms with E-state index >= 15 is 0 Å². The van der Waals surface area contributed by atoms with Crippen LogP contribution in [-0.4, -0.2) is 64.3 Å². The number of rotatable bonds is 6. The molecule has 0 unspecified atom stereocenters. The molecule has 148 valence electrons. The topological polar surface area (TPSA) is 86.7 Å². The van der Waals surface area contributed by atoms with Gasteiger partial charge in [0.1, 0.15) is 12.7 Å². The summed E-state index contributed by atoms with van der Waals surface area (Å²) in [5, 5.41) is 0. The van der Waals surface area contributed by atoms with E-state index in [1.165, 1.54) is 0 Å². The van der Waals surface area contributed by atoms with E-state index < -0.39 is 0 Å². The molecule has 1 atom stereocenters. The van der Waals surface area contributed by atoms with Crippen LogP contribution in [0.25, 0.3) is 0 Å². The lowest BCUT2D eigenvalue weighted by atomic mass is 10.1. The van der Waals surface area contributed by atoms with Crippen molar-refractivity contribution in [2.45, 2.75) is 37.9 Å². The number of pyridine rings is 1. The molecule has 8 heteroatoms. The van der Waals surface area contributed by atoms with E-state index in [0.29, 0.717) is 37.0 Å². The number of amides is 1. The van der Waals surface area contributed by atoms with Gasteiger partial charge in [-0.25, -0.2) is 9.97 Å². The van der Waals surface area contributed by atoms with Crippen molar-refractivity contribution in [2.24, 2.45) is 0 Å². The second kappa shape index (κ2) is 8.97. The number of hydrogen-bond donors (Lipinski definition) is 0. The molecule has 2 fully saturated rings. The van der Waals surface area contributed by atoms with Gasteiger partial charge in [0.25, 0.3) is 5.91 Å². The number of likely N-dealkylation sites (tertiary alicyclic amines) is 1. The van der Waals surface area contributed by atoms with E-state index in [9.17, 15) is 4.79 Å². The molecule has 1 amide bonds. The summed E-state index contributed by atoms with van der Waals surface area (Å²) in [6.45, 7) is 2.58. The van der Waals surface area contributed by atoms with Crippen molar-refractivity contribution in [2.75, 3.05) is 26.3 Å². The molecule has 0 aromatic carbocycles. The van der Waals surface area contributed by atoms with Gasteiger partial charge in [0.2, 0.25) is 11.8 Å². The Morgan fingerprint density at radius 1 is 1.11 bits per heavy atom. The quantitative estimate of drug-likeness (QED) is 0.754. The number of piperidine rings is 1. The summed E-state index contributed by atoms with van der Waals surface area (Å²) in [7, 11) is 0. The molecule has 0 N–H and O–H groups in total. The average molecular weight is 384 g/mol. The lowest BCUT2D eigenvalue weighted by molar-refractivity contribution is 0.0585. The highest BCUT2D eigenvalue weighted by atomic mass is 16.5. The fraction of sp³-hybridized carbons (Fsp3) is 0.500. The molecule has 28 heavy (non-hydrogen) atoms. The minimum atomic E-state index is -0.0175. The van der Waals surface area contributed by atoms with Crippen LogP contribution in [0.3, 0.4) is 0 Å². The summed E-state index contributed by atoms with van der Waals surface area (Å²) < 4.78 is 17.0. The molecule has 0 radical (unpaired) electrons. The third-order valence-electron chi connectivity index (χ3n) is 4.98. The number of aromatic nitrogens is 3. The van der Waals surface area contributed by atoms with Crippen molar-refractivity contribution in [3.63, 3.8) is 0 Å². The Morgan fingerprint density at radius 2 is 2.00 bits per heavy atom. The molecule has 2 aromatic rings. The van der Waals surface area contributed by atoms with Crippen LogP contribution in [0.5, 0.6) is 11.8 Å². The fourth-order valence-electron chi connectivity index (χ4n) is 3.42. The zero-order valence-corrected chi connectivity index (χ0v) is 15.7. The molecule has 2 aliphatic rings. The summed E-state index contributed by atoms with van der Waals surface area (Å²) in [6, 6.07) is 3.51. The Hall–Kier alpha value is -2.74. The molecular weight excluding hydrogens is 360 g/mol. The lowest BCUT2D eigenvalue weighted by Crippen LogP contribution is -2.41. The van der Waals surface area contributed by atoms with Crippen LogP contribution in [0.1, 0.15) is 36.0 Å². The zero-order valence-electron chi connectivity index (χ0n) is 15.7. The average Bonchev–Trinajstić information content (AvgIpc) is 3.27. The van der Waals surface area contributed by atoms with Crippen molar-refractivity contribution >= 4 is 5.91 Å². The van der Waals surface area contributed by atoms with Gasteiger partial charge in [-0.2, -0.15) is 0 Å². The Balaban J connectivity index is 1.25. The van der Waals surface area contributed by atoms with Crippen molar-refractivity contribution in [1.29, 1.82) is 0 Å². The molecule has 0 saturated carbocycles. The fourth-order valence-corrected chi connectivity index (χ4v) is 3.42. The first-order chi connectivity index (χ1) is 13.8. The standard InChI is InChI=1S/C20H24N4O4/c25-20(15-3-4-18(23-12-15)27-14-17-2-1-11-26-17)24-9-5-16(6-10-24)28-19-13-21-7-8-22-19/h3-4,7-8,12-13,16-17H,1-2,5-6,9-11,14H2/t17-/m0/s1. The predicted molar refractivity (Wildman–Crippen MR) is 100 cm³/mol. The minimum Gasteiger partial charge on any atom is -0.475 e. The SMILES string of the molecule is O=C(c1ccc(OC[C@@H]2CCCO2)nc1)N1CCC(Oc2cnccn2)CC1. The molecular formula is C20H24N4O4. The molecule has 0 aliphatic carbocycles. The first kappa shape index (κ1) is 18.6. The molecule has 4 heterocycles. The molecule has 0 bridgehead atoms. The molecule has 2 aromatic heterocycles. The maximum atomic E-state index is 12.7. The smallest absolute Gasteiger partial charge is 0.255 e. The largest absolute Gasteiger partial charge is 0.475 e. The van der Waals surface area contributed by atoms with E-state index in [4.69, 9.17) is 14.2 Å². The van der Waals surface area contributed by atoms with Gasteiger partial charge >= 0.3 is 0 Å². The first-order valence-electron chi connectivity index (χ1n) is 9.70. The maximum absolute atomic E-state index is 12.7. The van der Waals surface area contributed by atoms with E-state index in [-0.39, 0.29) is 18.1 Å². The minimum absolute atomic E-state index is 0.0175. The zero-order chi connectivity index (χ0) is 19.2. The van der Waals surface area contributed by atoms with Crippen LogP contribution in [0.15, 0.2) is 36.9 Å². The summed E-state index contributed by atoms with van der Waals surface area (Å²) in [6.07, 6.45) is 10.2. The highest BCUT2D eigenvalue weighted by molar-refractivity contribution is 5.94. The molecule has 2 saturated heterocycles. The van der Waals surface area contributed by atoms with Crippen LogP contribution < -0.4 is 9.47 Å². The Bertz CT molecular complexity index is 758. The first-order valence-corrected chi connectivity index (χ1v) is 9.70. The van der Waals surface area contributed by atoms with Crippen LogP contribution >= 0.6 is 0 Å². The number of nitrogens with zero attached hydrogens (tertiary/aromatic N) is 4. The van der Waals surface area contributed by atoms with Gasteiger partial charge < -0.3 is 19.1 Å². The normalized spacial score (nSPS) is 20.1. The monoisotopic (exact) mass is 384 g/mol. The van der Waals surface area contributed by atoms with Gasteiger partial charge in [-0.05, 0) is 18.9 Å². The third-order valence-corrected chi connectivity index (χ3v) is 4.98. The van der Waals surface area contributed by atoms with E-state index in [1.54, 1.807) is 36.9 Å². The van der Waals surface area contributed by atoms with Crippen LogP contribution in [0.2, 0.25) is 0 Å². The van der Waals surface area contributed by atoms with E-state index in [1.807, 2.05) is 4.90 Å².